The van der Waals surface area contributed by atoms with Crippen molar-refractivity contribution < 1.29 is 9.26 Å². The van der Waals surface area contributed by atoms with Crippen LogP contribution in [0.15, 0.2) is 33.9 Å². The van der Waals surface area contributed by atoms with E-state index in [1.165, 1.54) is 5.52 Å². The Kier molecular flexibility index (Phi) is 4.53. The van der Waals surface area contributed by atoms with Gasteiger partial charge in [-0.05, 0) is 25.5 Å². The predicted molar refractivity (Wildman–Crippen MR) is 92.3 cm³/mol. The van der Waals surface area contributed by atoms with Crippen LogP contribution in [0.1, 0.15) is 31.0 Å². The van der Waals surface area contributed by atoms with E-state index in [9.17, 15) is 0 Å². The predicted octanol–water partition coefficient (Wildman–Crippen LogP) is 3.28. The van der Waals surface area contributed by atoms with Crippen molar-refractivity contribution in [2.24, 2.45) is 0 Å². The molecule has 1 saturated heterocycles. The Morgan fingerprint density at radius 1 is 1.29 bits per heavy atom. The number of imidazole rings is 1. The van der Waals surface area contributed by atoms with Crippen LogP contribution in [0.25, 0.3) is 11.0 Å². The monoisotopic (exact) mass is 344 g/mol. The first-order valence-electron chi connectivity index (χ1n) is 8.33. The molecule has 4 rings (SSSR count). The molecule has 0 N–H and O–H groups in total. The van der Waals surface area contributed by atoms with E-state index in [0.29, 0.717) is 18.4 Å². The molecule has 1 aliphatic rings. The molecular formula is C17H20N4O2S. The number of thioether (sulfide) groups is 1. The standard InChI is InChI=1S/C17H20N4O2S/c1-2-21-14-6-4-3-5-13(14)18-17(21)24-10-8-15-19-16(20-23-15)12-7-9-22-11-12/h3-6,12H,2,7-11H2,1H3/t12-/m1/s1. The highest BCUT2D eigenvalue weighted by atomic mass is 32.2. The molecule has 1 aliphatic heterocycles. The van der Waals surface area contributed by atoms with Crippen molar-refractivity contribution in [2.75, 3.05) is 19.0 Å². The lowest BCUT2D eigenvalue weighted by Gasteiger charge is -2.04. The van der Waals surface area contributed by atoms with Gasteiger partial charge in [0.05, 0.1) is 17.6 Å². The van der Waals surface area contributed by atoms with Crippen molar-refractivity contribution in [2.45, 2.75) is 37.4 Å². The lowest BCUT2D eigenvalue weighted by molar-refractivity contribution is 0.192. The Bertz CT molecular complexity index is 823. The van der Waals surface area contributed by atoms with Gasteiger partial charge in [-0.15, -0.1) is 0 Å². The van der Waals surface area contributed by atoms with E-state index < -0.39 is 0 Å². The molecule has 0 aliphatic carbocycles. The minimum absolute atomic E-state index is 0.291. The van der Waals surface area contributed by atoms with E-state index in [0.717, 1.165) is 48.2 Å². The van der Waals surface area contributed by atoms with E-state index in [4.69, 9.17) is 14.2 Å². The molecular weight excluding hydrogens is 324 g/mol. The summed E-state index contributed by atoms with van der Waals surface area (Å²) in [7, 11) is 0. The third kappa shape index (κ3) is 3.06. The summed E-state index contributed by atoms with van der Waals surface area (Å²) in [4.78, 5) is 9.24. The molecule has 0 unspecified atom stereocenters. The normalized spacial score (nSPS) is 17.8. The number of rotatable bonds is 6. The zero-order valence-electron chi connectivity index (χ0n) is 13.6. The van der Waals surface area contributed by atoms with Gasteiger partial charge in [-0.2, -0.15) is 4.98 Å². The third-order valence-corrected chi connectivity index (χ3v) is 5.24. The van der Waals surface area contributed by atoms with Crippen LogP contribution in [-0.4, -0.2) is 38.7 Å². The summed E-state index contributed by atoms with van der Waals surface area (Å²) in [6.07, 6.45) is 1.73. The number of hydrogen-bond donors (Lipinski definition) is 0. The van der Waals surface area contributed by atoms with Gasteiger partial charge in [-0.25, -0.2) is 4.98 Å². The van der Waals surface area contributed by atoms with Gasteiger partial charge in [-0.1, -0.05) is 29.1 Å². The fourth-order valence-corrected chi connectivity index (χ4v) is 3.98. The number of nitrogens with zero attached hydrogens (tertiary/aromatic N) is 4. The number of para-hydroxylation sites is 2. The summed E-state index contributed by atoms with van der Waals surface area (Å²) >= 11 is 1.73. The second kappa shape index (κ2) is 6.94. The second-order valence-corrected chi connectivity index (χ2v) is 6.89. The topological polar surface area (TPSA) is 66.0 Å². The van der Waals surface area contributed by atoms with Gasteiger partial charge in [-0.3, -0.25) is 0 Å². The summed E-state index contributed by atoms with van der Waals surface area (Å²) in [5.74, 6) is 2.64. The van der Waals surface area contributed by atoms with Crippen molar-refractivity contribution in [1.82, 2.24) is 19.7 Å². The fourth-order valence-electron chi connectivity index (χ4n) is 2.97. The molecule has 2 aromatic heterocycles. The van der Waals surface area contributed by atoms with Crippen LogP contribution in [0.3, 0.4) is 0 Å². The molecule has 6 nitrogen and oxygen atoms in total. The molecule has 0 amide bonds. The average molecular weight is 344 g/mol. The molecule has 1 aromatic carbocycles. The highest BCUT2D eigenvalue weighted by molar-refractivity contribution is 7.99. The van der Waals surface area contributed by atoms with E-state index in [1.807, 2.05) is 6.07 Å². The molecule has 24 heavy (non-hydrogen) atoms. The van der Waals surface area contributed by atoms with Crippen LogP contribution in [0.4, 0.5) is 0 Å². The number of benzene rings is 1. The third-order valence-electron chi connectivity index (χ3n) is 4.26. The van der Waals surface area contributed by atoms with Gasteiger partial charge in [0.1, 0.15) is 0 Å². The molecule has 1 fully saturated rings. The van der Waals surface area contributed by atoms with Gasteiger partial charge in [0.25, 0.3) is 0 Å². The molecule has 1 atom stereocenters. The largest absolute Gasteiger partial charge is 0.381 e. The van der Waals surface area contributed by atoms with E-state index >= 15 is 0 Å². The molecule has 126 valence electrons. The average Bonchev–Trinajstić information content (AvgIpc) is 3.33. The van der Waals surface area contributed by atoms with Crippen molar-refractivity contribution in [3.8, 4) is 0 Å². The second-order valence-electron chi connectivity index (χ2n) is 5.83. The maximum Gasteiger partial charge on any atom is 0.227 e. The Morgan fingerprint density at radius 3 is 3.04 bits per heavy atom. The van der Waals surface area contributed by atoms with Crippen LogP contribution in [-0.2, 0) is 17.7 Å². The van der Waals surface area contributed by atoms with Crippen molar-refractivity contribution >= 4 is 22.8 Å². The quantitative estimate of drug-likeness (QED) is 0.639. The van der Waals surface area contributed by atoms with Gasteiger partial charge in [0, 0.05) is 31.2 Å². The minimum atomic E-state index is 0.291. The minimum Gasteiger partial charge on any atom is -0.381 e. The number of hydrogen-bond acceptors (Lipinski definition) is 6. The fraction of sp³-hybridized carbons (Fsp3) is 0.471. The Hall–Kier alpha value is -1.86. The molecule has 3 heterocycles. The van der Waals surface area contributed by atoms with Gasteiger partial charge < -0.3 is 13.8 Å². The van der Waals surface area contributed by atoms with Crippen LogP contribution in [0.2, 0.25) is 0 Å². The molecule has 0 spiro atoms. The Morgan fingerprint density at radius 2 is 2.21 bits per heavy atom. The smallest absolute Gasteiger partial charge is 0.227 e. The Labute approximate surface area is 144 Å². The number of ether oxygens (including phenoxy) is 1. The highest BCUT2D eigenvalue weighted by Crippen LogP contribution is 2.25. The summed E-state index contributed by atoms with van der Waals surface area (Å²) in [6.45, 7) is 4.55. The lowest BCUT2D eigenvalue weighted by atomic mass is 10.1. The zero-order valence-corrected chi connectivity index (χ0v) is 14.5. The first kappa shape index (κ1) is 15.7. The summed E-state index contributed by atoms with van der Waals surface area (Å²) in [5, 5.41) is 5.14. The van der Waals surface area contributed by atoms with E-state index in [1.54, 1.807) is 11.8 Å². The summed E-state index contributed by atoms with van der Waals surface area (Å²) in [5.41, 5.74) is 2.23. The summed E-state index contributed by atoms with van der Waals surface area (Å²) in [6, 6.07) is 8.25. The van der Waals surface area contributed by atoms with Gasteiger partial charge in [0.15, 0.2) is 11.0 Å². The van der Waals surface area contributed by atoms with Crippen LogP contribution in [0, 0.1) is 0 Å². The number of aromatic nitrogens is 4. The van der Waals surface area contributed by atoms with Gasteiger partial charge in [0.2, 0.25) is 5.89 Å². The first-order chi connectivity index (χ1) is 11.8. The van der Waals surface area contributed by atoms with Crippen molar-refractivity contribution in [3.63, 3.8) is 0 Å². The lowest BCUT2D eigenvalue weighted by Crippen LogP contribution is -2.00. The summed E-state index contributed by atoms with van der Waals surface area (Å²) < 4.78 is 13.0. The van der Waals surface area contributed by atoms with Crippen LogP contribution in [0.5, 0.6) is 0 Å². The highest BCUT2D eigenvalue weighted by Gasteiger charge is 2.23. The molecule has 0 radical (unpaired) electrons. The van der Waals surface area contributed by atoms with E-state index in [2.05, 4.69) is 39.8 Å². The van der Waals surface area contributed by atoms with Crippen LogP contribution < -0.4 is 0 Å². The van der Waals surface area contributed by atoms with E-state index in [-0.39, 0.29) is 0 Å². The molecule has 0 bridgehead atoms. The Balaban J connectivity index is 1.40. The maximum atomic E-state index is 5.38. The first-order valence-corrected chi connectivity index (χ1v) is 9.32. The number of aryl methyl sites for hydroxylation is 2. The molecule has 3 aromatic rings. The van der Waals surface area contributed by atoms with Crippen LogP contribution >= 0.6 is 11.8 Å². The number of fused-ring (bicyclic) bond motifs is 1. The van der Waals surface area contributed by atoms with Gasteiger partial charge >= 0.3 is 0 Å². The van der Waals surface area contributed by atoms with Crippen molar-refractivity contribution in [3.05, 3.63) is 36.0 Å². The van der Waals surface area contributed by atoms with Crippen molar-refractivity contribution in [1.29, 1.82) is 0 Å². The SMILES string of the molecule is CCn1c(SCCc2nc([C@@H]3CCOC3)no2)nc2ccccc21. The maximum absolute atomic E-state index is 5.38. The molecule has 0 saturated carbocycles. The zero-order chi connectivity index (χ0) is 16.4. The molecule has 7 heteroatoms.